The van der Waals surface area contributed by atoms with E-state index >= 15 is 8.78 Å². The molecule has 3 unspecified atom stereocenters. The Balaban J connectivity index is 1.12. The number of phenols is 1. The molecule has 2 N–H and O–H groups in total. The first-order valence-electron chi connectivity index (χ1n) is 19.5. The maximum atomic E-state index is 17.2. The third-order valence-electron chi connectivity index (χ3n) is 13.2. The number of aliphatic hydroxyl groups is 1. The van der Waals surface area contributed by atoms with Gasteiger partial charge in [-0.1, -0.05) is 18.4 Å². The van der Waals surface area contributed by atoms with Crippen LogP contribution in [0.2, 0.25) is 0 Å². The van der Waals surface area contributed by atoms with E-state index in [2.05, 4.69) is 15.8 Å². The van der Waals surface area contributed by atoms with Gasteiger partial charge in [-0.3, -0.25) is 4.90 Å². The van der Waals surface area contributed by atoms with Crippen LogP contribution in [0.1, 0.15) is 82.6 Å². The summed E-state index contributed by atoms with van der Waals surface area (Å²) in [6.07, 6.45) is 17.7. The van der Waals surface area contributed by atoms with Gasteiger partial charge in [-0.25, -0.2) is 13.8 Å². The van der Waals surface area contributed by atoms with Gasteiger partial charge in [0.25, 0.3) is 0 Å². The van der Waals surface area contributed by atoms with Crippen molar-refractivity contribution in [3.8, 4) is 41.2 Å². The highest BCUT2D eigenvalue weighted by molar-refractivity contribution is 6.04. The zero-order valence-electron chi connectivity index (χ0n) is 30.8. The Morgan fingerprint density at radius 2 is 1.80 bits per heavy atom. The lowest BCUT2D eigenvalue weighted by Crippen LogP contribution is -2.58. The van der Waals surface area contributed by atoms with Crippen molar-refractivity contribution in [1.29, 1.82) is 0 Å². The van der Waals surface area contributed by atoms with E-state index in [0.29, 0.717) is 49.3 Å². The van der Waals surface area contributed by atoms with Crippen LogP contribution >= 0.6 is 0 Å². The zero-order valence-corrected chi connectivity index (χ0v) is 30.8. The van der Waals surface area contributed by atoms with E-state index < -0.39 is 17.7 Å². The summed E-state index contributed by atoms with van der Waals surface area (Å²) < 4.78 is 50.7. The number of likely N-dealkylation sites (tertiary alicyclic amines) is 1. The summed E-state index contributed by atoms with van der Waals surface area (Å²) in [6, 6.07) is 6.43. The van der Waals surface area contributed by atoms with Crippen LogP contribution in [0, 0.1) is 29.4 Å². The van der Waals surface area contributed by atoms with Crippen LogP contribution < -0.4 is 14.4 Å². The zero-order chi connectivity index (χ0) is 37.2. The molecule has 12 heteroatoms. The van der Waals surface area contributed by atoms with Gasteiger partial charge in [0, 0.05) is 41.5 Å². The van der Waals surface area contributed by atoms with Gasteiger partial charge in [0.1, 0.15) is 34.0 Å². The molecule has 0 bridgehead atoms. The number of hydrogen-bond acceptors (Lipinski definition) is 10. The van der Waals surface area contributed by atoms with Gasteiger partial charge in [0.2, 0.25) is 5.88 Å². The summed E-state index contributed by atoms with van der Waals surface area (Å²) in [4.78, 5) is 18.9. The second-order valence-corrected chi connectivity index (χ2v) is 16.2. The predicted molar refractivity (Wildman–Crippen MR) is 201 cm³/mol. The molecule has 1 spiro atoms. The molecule has 3 aliphatic heterocycles. The van der Waals surface area contributed by atoms with E-state index in [9.17, 15) is 10.2 Å². The highest BCUT2D eigenvalue weighted by Crippen LogP contribution is 2.51. The van der Waals surface area contributed by atoms with E-state index in [0.717, 1.165) is 70.9 Å². The summed E-state index contributed by atoms with van der Waals surface area (Å²) in [5.74, 6) is 1.15. The molecule has 3 saturated heterocycles. The van der Waals surface area contributed by atoms with Crippen molar-refractivity contribution in [1.82, 2.24) is 19.9 Å². The van der Waals surface area contributed by atoms with Gasteiger partial charge < -0.3 is 29.3 Å². The highest BCUT2D eigenvalue weighted by Gasteiger charge is 2.52. The van der Waals surface area contributed by atoms with Crippen LogP contribution in [-0.2, 0) is 4.74 Å². The van der Waals surface area contributed by atoms with Crippen LogP contribution in [0.5, 0.6) is 17.6 Å². The quantitative estimate of drug-likeness (QED) is 0.194. The topological polar surface area (TPSA) is 113 Å². The molecule has 284 valence electrons. The van der Waals surface area contributed by atoms with Crippen molar-refractivity contribution < 1.29 is 33.2 Å². The SMILES string of the molecule is C#Cc1c(F)ccc2cc(O)cc(-c3nc(OC)c4c(N5CCCC(O)C5)nc(OCC56CCCC5N(C5CCC7(CCO7)CC5)CCC6)nc4c3F)c12. The van der Waals surface area contributed by atoms with Gasteiger partial charge in [0.15, 0.2) is 5.82 Å². The number of pyridine rings is 1. The Bertz CT molecular complexity index is 2150. The fourth-order valence-electron chi connectivity index (χ4n) is 10.5. The van der Waals surface area contributed by atoms with Crippen molar-refractivity contribution in [3.63, 3.8) is 0 Å². The third kappa shape index (κ3) is 5.90. The normalized spacial score (nSPS) is 28.6. The van der Waals surface area contributed by atoms with Gasteiger partial charge in [-0.15, -0.1) is 6.42 Å². The van der Waals surface area contributed by atoms with Gasteiger partial charge in [-0.2, -0.15) is 9.97 Å². The first kappa shape index (κ1) is 35.4. The molecule has 54 heavy (non-hydrogen) atoms. The van der Waals surface area contributed by atoms with Crippen molar-refractivity contribution in [2.45, 2.75) is 101 Å². The highest BCUT2D eigenvalue weighted by atomic mass is 19.1. The second-order valence-electron chi connectivity index (χ2n) is 16.2. The van der Waals surface area contributed by atoms with E-state index in [4.69, 9.17) is 30.6 Å². The van der Waals surface area contributed by atoms with E-state index in [1.54, 1.807) is 0 Å². The maximum Gasteiger partial charge on any atom is 0.319 e. The largest absolute Gasteiger partial charge is 0.508 e. The molecular formula is C42H47F2N5O5. The van der Waals surface area contributed by atoms with Crippen LogP contribution in [0.15, 0.2) is 24.3 Å². The van der Waals surface area contributed by atoms with Crippen LogP contribution in [0.3, 0.4) is 0 Å². The predicted octanol–water partition coefficient (Wildman–Crippen LogP) is 6.90. The number of fused-ring (bicyclic) bond motifs is 3. The molecule has 5 heterocycles. The molecule has 3 atom stereocenters. The molecule has 2 aromatic carbocycles. The number of terminal acetylenes is 1. The number of aromatic nitrogens is 3. The number of benzene rings is 2. The second kappa shape index (κ2) is 13.8. The number of piperidine rings is 2. The molecule has 2 aliphatic carbocycles. The first-order chi connectivity index (χ1) is 26.2. The van der Waals surface area contributed by atoms with Crippen LogP contribution in [-0.4, -0.2) is 93.8 Å². The third-order valence-corrected chi connectivity index (χ3v) is 13.2. The minimum absolute atomic E-state index is 0.0330. The lowest BCUT2D eigenvalue weighted by Gasteiger charge is -2.53. The fourth-order valence-corrected chi connectivity index (χ4v) is 10.5. The minimum atomic E-state index is -0.817. The van der Waals surface area contributed by atoms with Gasteiger partial charge in [0.05, 0.1) is 37.6 Å². The summed E-state index contributed by atoms with van der Waals surface area (Å²) in [5, 5.41) is 22.3. The average molecular weight is 740 g/mol. The van der Waals surface area contributed by atoms with E-state index in [1.807, 2.05) is 4.90 Å². The van der Waals surface area contributed by atoms with E-state index in [1.165, 1.54) is 37.8 Å². The average Bonchev–Trinajstić information content (AvgIpc) is 3.61. The summed E-state index contributed by atoms with van der Waals surface area (Å²) in [7, 11) is 1.43. The van der Waals surface area contributed by atoms with Crippen molar-refractivity contribution in [2.24, 2.45) is 5.41 Å². The van der Waals surface area contributed by atoms with Crippen molar-refractivity contribution in [2.75, 3.05) is 44.9 Å². The smallest absolute Gasteiger partial charge is 0.319 e. The number of anilines is 1. The molecular weight excluding hydrogens is 692 g/mol. The number of phenolic OH excluding ortho intramolecular Hbond substituents is 1. The number of aromatic hydroxyl groups is 1. The fraction of sp³-hybridized carbons (Fsp3) is 0.548. The van der Waals surface area contributed by atoms with Gasteiger partial charge >= 0.3 is 6.01 Å². The number of hydrogen-bond donors (Lipinski definition) is 2. The molecule has 2 aromatic heterocycles. The van der Waals surface area contributed by atoms with Crippen LogP contribution in [0.25, 0.3) is 32.9 Å². The minimum Gasteiger partial charge on any atom is -0.508 e. The molecule has 5 fully saturated rings. The Kier molecular flexibility index (Phi) is 9.02. The Morgan fingerprint density at radius 3 is 2.54 bits per heavy atom. The Morgan fingerprint density at radius 1 is 0.981 bits per heavy atom. The molecule has 4 aromatic rings. The molecule has 5 aliphatic rings. The number of ether oxygens (including phenoxy) is 3. The van der Waals surface area contributed by atoms with Crippen LogP contribution in [0.4, 0.5) is 14.6 Å². The number of β-amino-alcohol motifs (C(OH)–C–C–N with tert-alkyl or cyclic N) is 1. The summed E-state index contributed by atoms with van der Waals surface area (Å²) in [6.45, 7) is 3.25. The van der Waals surface area contributed by atoms with E-state index in [-0.39, 0.29) is 68.3 Å². The lowest BCUT2D eigenvalue weighted by molar-refractivity contribution is -0.175. The number of rotatable bonds is 7. The van der Waals surface area contributed by atoms with Gasteiger partial charge in [-0.05, 0) is 101 Å². The maximum absolute atomic E-state index is 17.2. The monoisotopic (exact) mass is 739 g/mol. The molecule has 0 radical (unpaired) electrons. The molecule has 10 nitrogen and oxygen atoms in total. The Labute approximate surface area is 313 Å². The van der Waals surface area contributed by atoms with Crippen molar-refractivity contribution >= 4 is 27.5 Å². The lowest BCUT2D eigenvalue weighted by atomic mass is 9.72. The number of nitrogens with zero attached hydrogens (tertiary/aromatic N) is 5. The number of halogens is 2. The molecule has 2 saturated carbocycles. The number of aliphatic hydroxyl groups excluding tert-OH is 1. The number of methoxy groups -OCH3 is 1. The Hall–Kier alpha value is -4.31. The summed E-state index contributed by atoms with van der Waals surface area (Å²) in [5.41, 5.74) is -0.232. The summed E-state index contributed by atoms with van der Waals surface area (Å²) >= 11 is 0. The first-order valence-corrected chi connectivity index (χ1v) is 19.5. The molecule has 9 rings (SSSR count). The standard InChI is InChI=1S/C42H47F2N5O5/c1-3-29-31(43)10-9-25-21-28(51)22-30(33(25)29)36-35(44)37-34(39(45-36)52-2)38(48-18-5-7-27(50)23-48)47-40(46-37)53-24-41-13-4-8-32(41)49(19-6-14-41)26-11-15-42(16-12-26)17-20-54-42/h1,9-10,21-22,26-27,32,50-51H,4-8,11-20,23-24H2,2H3. The molecule has 0 amide bonds. The van der Waals surface area contributed by atoms with Crippen molar-refractivity contribution in [3.05, 3.63) is 41.5 Å².